The number of rotatable bonds is 4. The van der Waals surface area contributed by atoms with Crippen LogP contribution in [0.3, 0.4) is 0 Å². The van der Waals surface area contributed by atoms with Gasteiger partial charge < -0.3 is 14.7 Å². The predicted octanol–water partition coefficient (Wildman–Crippen LogP) is 1.42. The van der Waals surface area contributed by atoms with E-state index in [9.17, 15) is 9.59 Å². The van der Waals surface area contributed by atoms with Crippen LogP contribution in [0, 0.1) is 11.8 Å². The van der Waals surface area contributed by atoms with E-state index < -0.39 is 5.97 Å². The summed E-state index contributed by atoms with van der Waals surface area (Å²) in [5, 5.41) is 8.94. The topological polar surface area (TPSA) is 79.7 Å². The Balaban J connectivity index is 1.57. The Kier molecular flexibility index (Phi) is 3.53. The van der Waals surface area contributed by atoms with E-state index in [-0.39, 0.29) is 11.5 Å². The molecule has 1 aliphatic carbocycles. The molecule has 1 saturated carbocycles. The van der Waals surface area contributed by atoms with E-state index in [1.807, 2.05) is 4.90 Å². The van der Waals surface area contributed by atoms with Gasteiger partial charge in [-0.1, -0.05) is 0 Å². The molecule has 2 fully saturated rings. The summed E-state index contributed by atoms with van der Waals surface area (Å²) in [5.41, 5.74) is 0.177. The molecule has 1 N–H and O–H groups in total. The fourth-order valence-corrected chi connectivity index (χ4v) is 3.46. The molecule has 1 aromatic rings. The molecule has 1 aromatic heterocycles. The molecule has 1 aliphatic heterocycles. The molecule has 0 radical (unpaired) electrons. The van der Waals surface area contributed by atoms with E-state index in [0.717, 1.165) is 19.4 Å². The molecule has 3 rings (SSSR count). The van der Waals surface area contributed by atoms with Crippen molar-refractivity contribution < 1.29 is 19.4 Å². The SMILES string of the molecule is CC(=O)N1CC2CC1CC2COc1cc(C(=O)O)ccn1. The largest absolute Gasteiger partial charge is 0.478 e. The van der Waals surface area contributed by atoms with Crippen LogP contribution in [0.1, 0.15) is 30.1 Å². The van der Waals surface area contributed by atoms with E-state index in [1.54, 1.807) is 6.92 Å². The van der Waals surface area contributed by atoms with Crippen LogP contribution in [0.4, 0.5) is 0 Å². The van der Waals surface area contributed by atoms with Crippen LogP contribution >= 0.6 is 0 Å². The smallest absolute Gasteiger partial charge is 0.335 e. The molecule has 21 heavy (non-hydrogen) atoms. The van der Waals surface area contributed by atoms with Crippen LogP contribution in [0.2, 0.25) is 0 Å². The van der Waals surface area contributed by atoms with Gasteiger partial charge in [-0.2, -0.15) is 0 Å². The summed E-state index contributed by atoms with van der Waals surface area (Å²) in [6.07, 6.45) is 3.45. The van der Waals surface area contributed by atoms with Crippen LogP contribution in [0.25, 0.3) is 0 Å². The van der Waals surface area contributed by atoms with E-state index in [0.29, 0.717) is 30.4 Å². The van der Waals surface area contributed by atoms with Crippen molar-refractivity contribution in [2.75, 3.05) is 13.2 Å². The van der Waals surface area contributed by atoms with Crippen molar-refractivity contribution >= 4 is 11.9 Å². The van der Waals surface area contributed by atoms with E-state index in [2.05, 4.69) is 4.98 Å². The Labute approximate surface area is 122 Å². The quantitative estimate of drug-likeness (QED) is 0.907. The summed E-state index contributed by atoms with van der Waals surface area (Å²) in [5.74, 6) is 0.417. The Hall–Kier alpha value is -2.11. The highest BCUT2D eigenvalue weighted by Gasteiger charge is 2.45. The lowest BCUT2D eigenvalue weighted by Crippen LogP contribution is -2.39. The fraction of sp³-hybridized carbons (Fsp3) is 0.533. The van der Waals surface area contributed by atoms with Gasteiger partial charge in [0.25, 0.3) is 0 Å². The summed E-state index contributed by atoms with van der Waals surface area (Å²) < 4.78 is 5.65. The summed E-state index contributed by atoms with van der Waals surface area (Å²) in [4.78, 5) is 28.3. The fourth-order valence-electron chi connectivity index (χ4n) is 3.46. The second-order valence-electron chi connectivity index (χ2n) is 5.82. The lowest BCUT2D eigenvalue weighted by molar-refractivity contribution is -0.131. The highest BCUT2D eigenvalue weighted by Crippen LogP contribution is 2.42. The number of carboxylic acids is 1. The van der Waals surface area contributed by atoms with Gasteiger partial charge in [-0.05, 0) is 30.7 Å². The summed E-state index contributed by atoms with van der Waals surface area (Å²) in [6.45, 7) is 2.97. The number of likely N-dealkylation sites (tertiary alicyclic amines) is 1. The first kappa shape index (κ1) is 13.9. The molecular weight excluding hydrogens is 272 g/mol. The number of carboxylic acid groups (broad SMARTS) is 1. The number of hydrogen-bond acceptors (Lipinski definition) is 4. The zero-order chi connectivity index (χ0) is 15.0. The Bertz CT molecular complexity index is 575. The molecular formula is C15H18N2O4. The first-order valence-corrected chi connectivity index (χ1v) is 7.14. The van der Waals surface area contributed by atoms with Gasteiger partial charge in [0, 0.05) is 31.8 Å². The first-order chi connectivity index (χ1) is 10.0. The van der Waals surface area contributed by atoms with Crippen LogP contribution < -0.4 is 4.74 Å². The monoisotopic (exact) mass is 290 g/mol. The van der Waals surface area contributed by atoms with Crippen LogP contribution in [-0.2, 0) is 4.79 Å². The van der Waals surface area contributed by atoms with E-state index in [4.69, 9.17) is 9.84 Å². The molecule has 6 heteroatoms. The van der Waals surface area contributed by atoms with Crippen molar-refractivity contribution in [3.8, 4) is 5.88 Å². The van der Waals surface area contributed by atoms with Crippen molar-refractivity contribution in [3.63, 3.8) is 0 Å². The Morgan fingerprint density at radius 1 is 1.48 bits per heavy atom. The van der Waals surface area contributed by atoms with Gasteiger partial charge in [0.15, 0.2) is 0 Å². The number of carbonyl (C=O) groups is 2. The zero-order valence-electron chi connectivity index (χ0n) is 11.9. The van der Waals surface area contributed by atoms with Crippen LogP contribution in [-0.4, -0.2) is 46.1 Å². The third-order valence-electron chi connectivity index (χ3n) is 4.52. The maximum absolute atomic E-state index is 11.5. The molecule has 2 aliphatic rings. The summed E-state index contributed by atoms with van der Waals surface area (Å²) in [7, 11) is 0. The minimum Gasteiger partial charge on any atom is -0.478 e. The zero-order valence-corrected chi connectivity index (χ0v) is 11.9. The predicted molar refractivity (Wildman–Crippen MR) is 74.1 cm³/mol. The molecule has 2 heterocycles. The van der Waals surface area contributed by atoms with Gasteiger partial charge in [-0.15, -0.1) is 0 Å². The molecule has 112 valence electrons. The van der Waals surface area contributed by atoms with E-state index >= 15 is 0 Å². The molecule has 6 nitrogen and oxygen atoms in total. The highest BCUT2D eigenvalue weighted by atomic mass is 16.5. The average molecular weight is 290 g/mol. The molecule has 2 bridgehead atoms. The van der Waals surface area contributed by atoms with Gasteiger partial charge in [0.1, 0.15) is 0 Å². The third-order valence-corrected chi connectivity index (χ3v) is 4.52. The molecule has 0 spiro atoms. The number of ether oxygens (including phenoxy) is 1. The number of pyridine rings is 1. The van der Waals surface area contributed by atoms with Gasteiger partial charge in [0.05, 0.1) is 12.2 Å². The normalized spacial score (nSPS) is 26.9. The number of fused-ring (bicyclic) bond motifs is 2. The molecule has 0 aromatic carbocycles. The number of amides is 1. The number of hydrogen-bond donors (Lipinski definition) is 1. The average Bonchev–Trinajstić information content (AvgIpc) is 3.05. The van der Waals surface area contributed by atoms with Crippen molar-refractivity contribution in [2.24, 2.45) is 11.8 Å². The maximum Gasteiger partial charge on any atom is 0.335 e. The van der Waals surface area contributed by atoms with Gasteiger partial charge in [0.2, 0.25) is 11.8 Å². The Morgan fingerprint density at radius 3 is 2.90 bits per heavy atom. The molecule has 3 atom stereocenters. The van der Waals surface area contributed by atoms with Crippen LogP contribution in [0.5, 0.6) is 5.88 Å². The van der Waals surface area contributed by atoms with Crippen molar-refractivity contribution in [3.05, 3.63) is 23.9 Å². The van der Waals surface area contributed by atoms with Gasteiger partial charge in [-0.25, -0.2) is 9.78 Å². The van der Waals surface area contributed by atoms with Crippen molar-refractivity contribution in [1.29, 1.82) is 0 Å². The number of nitrogens with zero attached hydrogens (tertiary/aromatic N) is 2. The second-order valence-corrected chi connectivity index (χ2v) is 5.82. The number of carbonyl (C=O) groups excluding carboxylic acids is 1. The van der Waals surface area contributed by atoms with Crippen molar-refractivity contribution in [2.45, 2.75) is 25.8 Å². The third kappa shape index (κ3) is 2.70. The van der Waals surface area contributed by atoms with E-state index in [1.165, 1.54) is 18.3 Å². The maximum atomic E-state index is 11.5. The lowest BCUT2D eigenvalue weighted by Gasteiger charge is -2.30. The standard InChI is InChI=1S/C15H18N2O4/c1-9(18)17-7-11-4-13(17)5-12(11)8-21-14-6-10(15(19)20)2-3-16-14/h2-3,6,11-13H,4-5,7-8H2,1H3,(H,19,20). The molecule has 1 amide bonds. The number of piperidine rings is 1. The number of aromatic carboxylic acids is 1. The first-order valence-electron chi connectivity index (χ1n) is 7.14. The van der Waals surface area contributed by atoms with Gasteiger partial charge in [-0.3, -0.25) is 4.79 Å². The lowest BCUT2D eigenvalue weighted by atomic mass is 9.95. The minimum absolute atomic E-state index is 0.151. The highest BCUT2D eigenvalue weighted by molar-refractivity contribution is 5.87. The van der Waals surface area contributed by atoms with Crippen LogP contribution in [0.15, 0.2) is 18.3 Å². The molecule has 1 saturated heterocycles. The summed E-state index contributed by atoms with van der Waals surface area (Å²) >= 11 is 0. The van der Waals surface area contributed by atoms with Crippen molar-refractivity contribution in [1.82, 2.24) is 9.88 Å². The number of aromatic nitrogens is 1. The minimum atomic E-state index is -0.987. The molecule has 3 unspecified atom stereocenters. The second kappa shape index (κ2) is 5.35. The van der Waals surface area contributed by atoms with Gasteiger partial charge >= 0.3 is 5.97 Å². The summed E-state index contributed by atoms with van der Waals surface area (Å²) in [6, 6.07) is 3.23. The Morgan fingerprint density at radius 2 is 2.29 bits per heavy atom.